The van der Waals surface area contributed by atoms with E-state index >= 15 is 0 Å². The van der Waals surface area contributed by atoms with E-state index in [0.29, 0.717) is 16.5 Å². The van der Waals surface area contributed by atoms with Gasteiger partial charge in [-0.15, -0.1) is 0 Å². The van der Waals surface area contributed by atoms with E-state index in [1.165, 1.54) is 16.7 Å². The average Bonchev–Trinajstić information content (AvgIpc) is 2.55. The fourth-order valence-electron chi connectivity index (χ4n) is 2.78. The number of carbonyl (C=O) groups is 1. The number of hydrogen-bond donors (Lipinski definition) is 1. The SMILES string of the molecule is O=C(O)Cn1c(CCc2cc(F)cc(F)c2)nc(=O)c2ccccc21. The lowest BCUT2D eigenvalue weighted by atomic mass is 10.1. The van der Waals surface area contributed by atoms with Gasteiger partial charge in [-0.1, -0.05) is 12.1 Å². The molecule has 2 aromatic carbocycles. The van der Waals surface area contributed by atoms with Crippen molar-refractivity contribution in [3.05, 3.63) is 75.8 Å². The second-order valence-electron chi connectivity index (χ2n) is 5.61. The molecule has 5 nitrogen and oxygen atoms in total. The standard InChI is InChI=1S/C18H14F2N2O3/c19-12-7-11(8-13(20)9-12)5-6-16-21-18(25)14-3-1-2-4-15(14)22(16)10-17(23)24/h1-4,7-9H,5-6,10H2,(H,23,24). The molecule has 1 heterocycles. The Labute approximate surface area is 141 Å². The van der Waals surface area contributed by atoms with Crippen molar-refractivity contribution >= 4 is 16.9 Å². The van der Waals surface area contributed by atoms with Gasteiger partial charge in [0.1, 0.15) is 24.0 Å². The highest BCUT2D eigenvalue weighted by Gasteiger charge is 2.13. The Bertz CT molecular complexity index is 995. The van der Waals surface area contributed by atoms with Crippen molar-refractivity contribution in [3.63, 3.8) is 0 Å². The van der Waals surface area contributed by atoms with E-state index in [-0.39, 0.29) is 25.2 Å². The fraction of sp³-hybridized carbons (Fsp3) is 0.167. The van der Waals surface area contributed by atoms with Crippen LogP contribution in [0.4, 0.5) is 8.78 Å². The highest BCUT2D eigenvalue weighted by molar-refractivity contribution is 5.79. The molecule has 0 fully saturated rings. The third-order valence-electron chi connectivity index (χ3n) is 3.82. The Hall–Kier alpha value is -3.09. The first kappa shape index (κ1) is 16.8. The number of hydrogen-bond acceptors (Lipinski definition) is 3. The highest BCUT2D eigenvalue weighted by Crippen LogP contribution is 2.15. The first-order valence-corrected chi connectivity index (χ1v) is 7.59. The molecule has 3 rings (SSSR count). The van der Waals surface area contributed by atoms with Crippen molar-refractivity contribution in [3.8, 4) is 0 Å². The van der Waals surface area contributed by atoms with Crippen molar-refractivity contribution in [2.24, 2.45) is 0 Å². The molecule has 0 spiro atoms. The number of aromatic nitrogens is 2. The molecule has 0 saturated heterocycles. The van der Waals surface area contributed by atoms with Crippen molar-refractivity contribution in [2.45, 2.75) is 19.4 Å². The van der Waals surface area contributed by atoms with Gasteiger partial charge in [-0.25, -0.2) is 8.78 Å². The zero-order valence-corrected chi connectivity index (χ0v) is 13.1. The molecule has 0 aliphatic carbocycles. The summed E-state index contributed by atoms with van der Waals surface area (Å²) in [5.41, 5.74) is 0.407. The van der Waals surface area contributed by atoms with Gasteiger partial charge >= 0.3 is 5.97 Å². The van der Waals surface area contributed by atoms with Crippen LogP contribution >= 0.6 is 0 Å². The Kier molecular flexibility index (Phi) is 4.56. The average molecular weight is 344 g/mol. The first-order chi connectivity index (χ1) is 11.9. The van der Waals surface area contributed by atoms with Crippen LogP contribution < -0.4 is 5.56 Å². The van der Waals surface area contributed by atoms with E-state index in [1.807, 2.05) is 0 Å². The smallest absolute Gasteiger partial charge is 0.323 e. The van der Waals surface area contributed by atoms with E-state index < -0.39 is 23.2 Å². The molecule has 0 unspecified atom stereocenters. The topological polar surface area (TPSA) is 72.2 Å². The Morgan fingerprint density at radius 3 is 2.44 bits per heavy atom. The summed E-state index contributed by atoms with van der Waals surface area (Å²) in [7, 11) is 0. The molecule has 0 saturated carbocycles. The zero-order valence-electron chi connectivity index (χ0n) is 13.1. The second-order valence-corrected chi connectivity index (χ2v) is 5.61. The predicted molar refractivity (Wildman–Crippen MR) is 87.4 cm³/mol. The summed E-state index contributed by atoms with van der Waals surface area (Å²) < 4.78 is 28.0. The summed E-state index contributed by atoms with van der Waals surface area (Å²) in [5, 5.41) is 9.48. The minimum Gasteiger partial charge on any atom is -0.480 e. The summed E-state index contributed by atoms with van der Waals surface area (Å²) in [6.45, 7) is -0.360. The number of halogens is 2. The number of carboxylic acid groups (broad SMARTS) is 1. The van der Waals surface area contributed by atoms with Crippen LogP contribution in [-0.2, 0) is 24.2 Å². The number of rotatable bonds is 5. The first-order valence-electron chi connectivity index (χ1n) is 7.59. The highest BCUT2D eigenvalue weighted by atomic mass is 19.1. The number of nitrogens with zero attached hydrogens (tertiary/aromatic N) is 2. The van der Waals surface area contributed by atoms with Crippen LogP contribution in [-0.4, -0.2) is 20.6 Å². The quantitative estimate of drug-likeness (QED) is 0.772. The second kappa shape index (κ2) is 6.80. The largest absolute Gasteiger partial charge is 0.480 e. The van der Waals surface area contributed by atoms with Gasteiger partial charge in [0.15, 0.2) is 0 Å². The summed E-state index contributed by atoms with van der Waals surface area (Å²) in [4.78, 5) is 27.3. The maximum atomic E-state index is 13.3. The van der Waals surface area contributed by atoms with Crippen molar-refractivity contribution in [1.82, 2.24) is 9.55 Å². The molecule has 0 atom stereocenters. The maximum absolute atomic E-state index is 13.3. The van der Waals surface area contributed by atoms with E-state index in [1.54, 1.807) is 24.3 Å². The molecule has 25 heavy (non-hydrogen) atoms. The summed E-state index contributed by atoms with van der Waals surface area (Å²) >= 11 is 0. The van der Waals surface area contributed by atoms with Crippen LogP contribution in [0.3, 0.4) is 0 Å². The maximum Gasteiger partial charge on any atom is 0.323 e. The van der Waals surface area contributed by atoms with Gasteiger partial charge in [0, 0.05) is 12.5 Å². The van der Waals surface area contributed by atoms with E-state index in [0.717, 1.165) is 6.07 Å². The number of benzene rings is 2. The van der Waals surface area contributed by atoms with Crippen LogP contribution in [0.25, 0.3) is 10.9 Å². The van der Waals surface area contributed by atoms with E-state index in [4.69, 9.17) is 5.11 Å². The summed E-state index contributed by atoms with van der Waals surface area (Å²) in [5.74, 6) is -2.20. The minimum absolute atomic E-state index is 0.177. The number of carboxylic acids is 1. The van der Waals surface area contributed by atoms with Gasteiger partial charge < -0.3 is 9.67 Å². The van der Waals surface area contributed by atoms with Crippen LogP contribution in [0.1, 0.15) is 11.4 Å². The molecular weight excluding hydrogens is 330 g/mol. The molecule has 0 aliphatic heterocycles. The van der Waals surface area contributed by atoms with Gasteiger partial charge in [0.05, 0.1) is 10.9 Å². The van der Waals surface area contributed by atoms with E-state index in [2.05, 4.69) is 4.98 Å². The predicted octanol–water partition coefficient (Wildman–Crippen LogP) is 2.54. The monoisotopic (exact) mass is 344 g/mol. The van der Waals surface area contributed by atoms with Gasteiger partial charge in [-0.05, 0) is 36.2 Å². The van der Waals surface area contributed by atoms with Gasteiger partial charge in [-0.3, -0.25) is 9.59 Å². The molecular formula is C18H14F2N2O3. The molecule has 0 amide bonds. The van der Waals surface area contributed by atoms with Crippen LogP contribution in [0.2, 0.25) is 0 Å². The molecule has 7 heteroatoms. The third kappa shape index (κ3) is 3.71. The Balaban J connectivity index is 2.02. The lowest BCUT2D eigenvalue weighted by Crippen LogP contribution is -2.22. The minimum atomic E-state index is -1.08. The zero-order chi connectivity index (χ0) is 18.0. The number of fused-ring (bicyclic) bond motifs is 1. The number of aryl methyl sites for hydroxylation is 2. The fourth-order valence-corrected chi connectivity index (χ4v) is 2.78. The van der Waals surface area contributed by atoms with Crippen LogP contribution in [0.15, 0.2) is 47.3 Å². The summed E-state index contributed by atoms with van der Waals surface area (Å²) in [6, 6.07) is 9.77. The third-order valence-corrected chi connectivity index (χ3v) is 3.82. The molecule has 0 aliphatic rings. The molecule has 0 bridgehead atoms. The van der Waals surface area contributed by atoms with Crippen molar-refractivity contribution in [1.29, 1.82) is 0 Å². The normalized spacial score (nSPS) is 11.0. The van der Waals surface area contributed by atoms with Gasteiger partial charge in [0.2, 0.25) is 0 Å². The molecule has 0 radical (unpaired) electrons. The Morgan fingerprint density at radius 2 is 1.76 bits per heavy atom. The van der Waals surface area contributed by atoms with Crippen molar-refractivity contribution in [2.75, 3.05) is 0 Å². The van der Waals surface area contributed by atoms with Crippen molar-refractivity contribution < 1.29 is 18.7 Å². The molecule has 128 valence electrons. The van der Waals surface area contributed by atoms with Crippen LogP contribution in [0, 0.1) is 11.6 Å². The van der Waals surface area contributed by atoms with Gasteiger partial charge in [-0.2, -0.15) is 4.98 Å². The lowest BCUT2D eigenvalue weighted by molar-refractivity contribution is -0.137. The summed E-state index contributed by atoms with van der Waals surface area (Å²) in [6.07, 6.45) is 0.398. The van der Waals surface area contributed by atoms with E-state index in [9.17, 15) is 18.4 Å². The lowest BCUT2D eigenvalue weighted by Gasteiger charge is -2.14. The Morgan fingerprint density at radius 1 is 1.08 bits per heavy atom. The molecule has 1 N–H and O–H groups in total. The number of para-hydroxylation sites is 1. The molecule has 1 aromatic heterocycles. The van der Waals surface area contributed by atoms with Gasteiger partial charge in [0.25, 0.3) is 5.56 Å². The van der Waals surface area contributed by atoms with Crippen LogP contribution in [0.5, 0.6) is 0 Å². The number of aliphatic carboxylic acids is 1. The molecule has 3 aromatic rings.